The van der Waals surface area contributed by atoms with E-state index in [1.807, 2.05) is 41.5 Å². The number of nitrogens with one attached hydrogen (secondary N) is 4. The highest BCUT2D eigenvalue weighted by Gasteiger charge is 2.47. The maximum absolute atomic E-state index is 14.7. The number of Topliss-reactive ketones (excluding diaryl/α,β-unsaturated/α-hetero) is 1. The maximum Gasteiger partial charge on any atom is 0.315 e. The molecular weight excluding hydrogens is 711 g/mol. The van der Waals surface area contributed by atoms with Crippen LogP contribution in [-0.2, 0) is 29.2 Å². The molecule has 5 atom stereocenters. The van der Waals surface area contributed by atoms with Gasteiger partial charge in [-0.3, -0.25) is 19.2 Å². The molecule has 0 aromatic carbocycles. The second-order valence-corrected chi connectivity index (χ2v) is 18.1. The van der Waals surface area contributed by atoms with Crippen LogP contribution in [0.15, 0.2) is 42.1 Å². The largest absolute Gasteiger partial charge is 0.346 e. The summed E-state index contributed by atoms with van der Waals surface area (Å²) in [6.07, 6.45) is 9.30. The number of amides is 5. The Morgan fingerprint density at radius 3 is 2.30 bits per heavy atom. The van der Waals surface area contributed by atoms with Gasteiger partial charge in [-0.05, 0) is 61.0 Å². The van der Waals surface area contributed by atoms with Crippen molar-refractivity contribution in [1.29, 1.82) is 0 Å². The third-order valence-electron chi connectivity index (χ3n) is 10.7. The van der Waals surface area contributed by atoms with Gasteiger partial charge in [-0.1, -0.05) is 85.8 Å². The number of rotatable bonds is 18. The molecule has 15 heteroatoms. The Balaban J connectivity index is 1.88. The summed E-state index contributed by atoms with van der Waals surface area (Å²) in [7, 11) is -2.51. The molecule has 2 aliphatic rings. The fourth-order valence-electron chi connectivity index (χ4n) is 7.36. The van der Waals surface area contributed by atoms with Crippen molar-refractivity contribution in [3.05, 3.63) is 37.1 Å². The molecule has 1 saturated carbocycles. The molecule has 0 radical (unpaired) electrons. The number of hydrogen-bond acceptors (Lipinski definition) is 8. The Kier molecular flexibility index (Phi) is 16.6. The maximum atomic E-state index is 14.7. The normalized spacial score (nSPS) is 19.8. The second-order valence-electron chi connectivity index (χ2n) is 16.1. The number of nitrogens with zero attached hydrogens (tertiary/aromatic N) is 3. The molecule has 5 amide bonds. The molecule has 1 aliphatic heterocycles. The summed E-state index contributed by atoms with van der Waals surface area (Å²) in [6, 6.07) is 0.468. The van der Waals surface area contributed by atoms with Crippen LogP contribution in [0.1, 0.15) is 99.3 Å². The van der Waals surface area contributed by atoms with Crippen molar-refractivity contribution in [3.8, 4) is 0 Å². The van der Waals surface area contributed by atoms with Crippen molar-refractivity contribution in [2.24, 2.45) is 23.2 Å². The predicted molar refractivity (Wildman–Crippen MR) is 207 cm³/mol. The van der Waals surface area contributed by atoms with Crippen molar-refractivity contribution in [1.82, 2.24) is 35.5 Å². The number of likely N-dealkylation sites (N-methyl/N-ethyl adjacent to an activating group) is 1. The zero-order valence-electron chi connectivity index (χ0n) is 33.2. The topological polar surface area (TPSA) is 187 Å². The van der Waals surface area contributed by atoms with Crippen molar-refractivity contribution in [3.63, 3.8) is 0 Å². The van der Waals surface area contributed by atoms with Gasteiger partial charge >= 0.3 is 6.03 Å². The molecule has 0 bridgehead atoms. The number of ketones is 1. The number of carbonyl (C=O) groups is 5. The summed E-state index contributed by atoms with van der Waals surface area (Å²) in [5.41, 5.74) is -0.577. The number of pyridine rings is 1. The van der Waals surface area contributed by atoms with Gasteiger partial charge in [0.25, 0.3) is 15.9 Å². The van der Waals surface area contributed by atoms with Gasteiger partial charge in [-0.2, -0.15) is 4.31 Å². The van der Waals surface area contributed by atoms with Crippen molar-refractivity contribution < 1.29 is 32.4 Å². The van der Waals surface area contributed by atoms with E-state index in [4.69, 9.17) is 0 Å². The number of likely N-dealkylation sites (tertiary alicyclic amines) is 1. The summed E-state index contributed by atoms with van der Waals surface area (Å²) in [5.74, 6) is -2.79. The third-order valence-corrected chi connectivity index (χ3v) is 12.5. The lowest BCUT2D eigenvalue weighted by molar-refractivity contribution is -0.144. The monoisotopic (exact) mass is 773 g/mol. The molecule has 1 aromatic heterocycles. The van der Waals surface area contributed by atoms with E-state index in [1.165, 1.54) is 25.4 Å². The zero-order valence-corrected chi connectivity index (χ0v) is 34.0. The van der Waals surface area contributed by atoms with Crippen LogP contribution in [0.2, 0.25) is 0 Å². The van der Waals surface area contributed by atoms with Crippen molar-refractivity contribution in [2.75, 3.05) is 26.7 Å². The molecule has 2 fully saturated rings. The Bertz CT molecular complexity index is 1560. The number of urea groups is 1. The van der Waals surface area contributed by atoms with Gasteiger partial charge in [0.2, 0.25) is 17.6 Å². The first-order valence-corrected chi connectivity index (χ1v) is 20.9. The molecule has 302 valence electrons. The van der Waals surface area contributed by atoms with Gasteiger partial charge in [0.05, 0.1) is 6.04 Å². The van der Waals surface area contributed by atoms with Gasteiger partial charge in [0.1, 0.15) is 12.1 Å². The number of sulfonamides is 1. The molecule has 0 spiro atoms. The van der Waals surface area contributed by atoms with E-state index in [0.717, 1.165) is 42.8 Å². The summed E-state index contributed by atoms with van der Waals surface area (Å²) >= 11 is 0. The summed E-state index contributed by atoms with van der Waals surface area (Å²) in [4.78, 5) is 74.1. The van der Waals surface area contributed by atoms with Crippen LogP contribution in [0.4, 0.5) is 4.79 Å². The first kappa shape index (κ1) is 44.5. The summed E-state index contributed by atoms with van der Waals surface area (Å²) in [5, 5.41) is 11.2. The van der Waals surface area contributed by atoms with E-state index in [1.54, 1.807) is 17.0 Å². The minimum Gasteiger partial charge on any atom is -0.346 e. The number of carbonyl (C=O) groups excluding carboxylic acids is 5. The molecule has 3 rings (SSSR count). The SMILES string of the molecule is C=CCNC(=O)C(=O)C(CCCC)NC(=O)[C@@H]1[C@@H](C(C)C)CCN1C(=O)[C@@H](NC(=O)N[C@H](CN(C)S(=O)(=O)c1ccccn1)C(C)(C)C)C1CCCCC1. The van der Waals surface area contributed by atoms with Crippen LogP contribution in [0.25, 0.3) is 0 Å². The highest BCUT2D eigenvalue weighted by Crippen LogP contribution is 2.34. The molecule has 1 unspecified atom stereocenters. The molecule has 1 aliphatic carbocycles. The molecule has 1 aromatic rings. The molecule has 1 saturated heterocycles. The number of hydrogen-bond donors (Lipinski definition) is 4. The van der Waals surface area contributed by atoms with E-state index in [9.17, 15) is 32.4 Å². The average Bonchev–Trinajstić information content (AvgIpc) is 3.60. The minimum absolute atomic E-state index is 0.0236. The highest BCUT2D eigenvalue weighted by atomic mass is 32.2. The van der Waals surface area contributed by atoms with Gasteiger partial charge in [-0.25, -0.2) is 18.2 Å². The molecule has 14 nitrogen and oxygen atoms in total. The lowest BCUT2D eigenvalue weighted by Crippen LogP contribution is -2.61. The zero-order chi connectivity index (χ0) is 40.2. The van der Waals surface area contributed by atoms with E-state index < -0.39 is 63.2 Å². The fourth-order valence-corrected chi connectivity index (χ4v) is 8.47. The van der Waals surface area contributed by atoms with Gasteiger partial charge in [-0.15, -0.1) is 6.58 Å². The standard InChI is InChI=1S/C39H63N7O7S/c1-9-11-19-29(34(47)36(49)41-22-10-2)42-35(48)33-28(26(3)4)21-24-46(33)37(50)32(27-17-13-12-14-18-27)44-38(51)43-30(39(5,6)7)25-45(8)54(52,53)31-20-15-16-23-40-31/h10,15-16,20,23,26-30,32-33H,2,9,11-14,17-19,21-22,24-25H2,1,3-8H3,(H,41,49)(H,42,48)(H2,43,44,51)/t28-,29?,30-,32+,33+/m1/s1. The highest BCUT2D eigenvalue weighted by molar-refractivity contribution is 7.89. The predicted octanol–water partition coefficient (Wildman–Crippen LogP) is 3.78. The second kappa shape index (κ2) is 20.2. The smallest absolute Gasteiger partial charge is 0.315 e. The molecular formula is C39H63N7O7S. The Hall–Kier alpha value is -3.85. The Labute approximate surface area is 322 Å². The first-order chi connectivity index (χ1) is 25.4. The Morgan fingerprint density at radius 2 is 1.72 bits per heavy atom. The number of unbranched alkanes of at least 4 members (excludes halogenated alkanes) is 1. The molecule has 2 heterocycles. The lowest BCUT2D eigenvalue weighted by Gasteiger charge is -2.38. The van der Waals surface area contributed by atoms with Gasteiger partial charge < -0.3 is 26.2 Å². The lowest BCUT2D eigenvalue weighted by atomic mass is 9.82. The summed E-state index contributed by atoms with van der Waals surface area (Å²) in [6.45, 7) is 15.5. The van der Waals surface area contributed by atoms with Crippen LogP contribution in [-0.4, -0.2) is 103 Å². The van der Waals surface area contributed by atoms with E-state index in [-0.39, 0.29) is 48.2 Å². The Morgan fingerprint density at radius 1 is 1.04 bits per heavy atom. The number of aromatic nitrogens is 1. The van der Waals surface area contributed by atoms with Crippen LogP contribution in [0, 0.1) is 23.2 Å². The first-order valence-electron chi connectivity index (χ1n) is 19.4. The van der Waals surface area contributed by atoms with Crippen LogP contribution >= 0.6 is 0 Å². The van der Waals surface area contributed by atoms with Crippen molar-refractivity contribution in [2.45, 2.75) is 129 Å². The quantitative estimate of drug-likeness (QED) is 0.128. The van der Waals surface area contributed by atoms with Crippen LogP contribution in [0.3, 0.4) is 0 Å². The minimum atomic E-state index is -3.95. The van der Waals surface area contributed by atoms with Crippen molar-refractivity contribution >= 4 is 39.6 Å². The summed E-state index contributed by atoms with van der Waals surface area (Å²) < 4.78 is 27.8. The van der Waals surface area contributed by atoms with Gasteiger partial charge in [0.15, 0.2) is 5.03 Å². The third kappa shape index (κ3) is 11.8. The average molecular weight is 774 g/mol. The van der Waals surface area contributed by atoms with E-state index in [0.29, 0.717) is 19.4 Å². The van der Waals surface area contributed by atoms with Crippen LogP contribution < -0.4 is 21.3 Å². The fraction of sp³-hybridized carbons (Fsp3) is 0.692. The molecule has 54 heavy (non-hydrogen) atoms. The van der Waals surface area contributed by atoms with E-state index in [2.05, 4.69) is 32.8 Å². The van der Waals surface area contributed by atoms with Gasteiger partial charge in [0, 0.05) is 38.9 Å². The molecule has 4 N–H and O–H groups in total. The van der Waals surface area contributed by atoms with E-state index >= 15 is 0 Å². The van der Waals surface area contributed by atoms with Crippen LogP contribution in [0.5, 0.6) is 0 Å².